The van der Waals surface area contributed by atoms with E-state index in [1.54, 1.807) is 6.92 Å². The highest BCUT2D eigenvalue weighted by Crippen LogP contribution is 2.20. The van der Waals surface area contributed by atoms with Crippen LogP contribution in [0, 0.1) is 5.92 Å². The Bertz CT molecular complexity index is 559. The van der Waals surface area contributed by atoms with Crippen molar-refractivity contribution in [3.63, 3.8) is 0 Å². The van der Waals surface area contributed by atoms with Gasteiger partial charge in [-0.15, -0.1) is 0 Å². The van der Waals surface area contributed by atoms with Crippen molar-refractivity contribution in [2.75, 3.05) is 52.4 Å². The number of nitrogens with zero attached hydrogens (tertiary/aromatic N) is 3. The monoisotopic (exact) mass is 377 g/mol. The van der Waals surface area contributed by atoms with Crippen molar-refractivity contribution < 1.29 is 9.53 Å². The number of hydrogen-bond acceptors (Lipinski definition) is 7. The van der Waals surface area contributed by atoms with Crippen LogP contribution < -0.4 is 10.9 Å². The molecular formula is C20H35N5O2. The van der Waals surface area contributed by atoms with Crippen LogP contribution in [0.3, 0.4) is 0 Å². The van der Waals surface area contributed by atoms with Gasteiger partial charge in [0.25, 0.3) is 0 Å². The number of Topliss-reactive ketones (excluding diaryl/α,β-unsaturated/α-hetero) is 1. The second-order valence-electron chi connectivity index (χ2n) is 8.22. The van der Waals surface area contributed by atoms with Crippen LogP contribution in [0.15, 0.2) is 23.9 Å². The third kappa shape index (κ3) is 6.14. The number of piperazine rings is 1. The van der Waals surface area contributed by atoms with Gasteiger partial charge in [0.1, 0.15) is 5.78 Å². The Balaban J connectivity index is 1.40. The summed E-state index contributed by atoms with van der Waals surface area (Å²) in [4.78, 5) is 18.6. The van der Waals surface area contributed by atoms with Crippen molar-refractivity contribution >= 4 is 5.78 Å². The van der Waals surface area contributed by atoms with Gasteiger partial charge >= 0.3 is 0 Å². The number of piperidine rings is 1. The minimum absolute atomic E-state index is 0.156. The molecule has 3 aliphatic rings. The van der Waals surface area contributed by atoms with Crippen LogP contribution in [0.4, 0.5) is 0 Å². The van der Waals surface area contributed by atoms with Crippen molar-refractivity contribution in [3.8, 4) is 0 Å². The van der Waals surface area contributed by atoms with Crippen LogP contribution in [0.5, 0.6) is 0 Å². The predicted molar refractivity (Wildman–Crippen MR) is 107 cm³/mol. The van der Waals surface area contributed by atoms with E-state index in [9.17, 15) is 4.79 Å². The van der Waals surface area contributed by atoms with Crippen LogP contribution in [0.2, 0.25) is 0 Å². The van der Waals surface area contributed by atoms with Gasteiger partial charge in [-0.2, -0.15) is 0 Å². The van der Waals surface area contributed by atoms with Gasteiger partial charge in [-0.1, -0.05) is 0 Å². The quantitative estimate of drug-likeness (QED) is 0.689. The molecule has 2 saturated heterocycles. The zero-order chi connectivity index (χ0) is 19.2. The molecule has 0 unspecified atom stereocenters. The number of hydrazine groups is 1. The summed E-state index contributed by atoms with van der Waals surface area (Å²) in [7, 11) is 0. The van der Waals surface area contributed by atoms with E-state index in [4.69, 9.17) is 4.74 Å². The number of carbonyl (C=O) groups is 1. The molecule has 27 heavy (non-hydrogen) atoms. The fourth-order valence-electron chi connectivity index (χ4n) is 4.09. The van der Waals surface area contributed by atoms with E-state index in [-0.39, 0.29) is 11.9 Å². The molecule has 3 aliphatic heterocycles. The molecule has 2 N–H and O–H groups in total. The molecule has 0 aromatic carbocycles. The summed E-state index contributed by atoms with van der Waals surface area (Å²) in [6, 6.07) is 0. The summed E-state index contributed by atoms with van der Waals surface area (Å²) >= 11 is 0. The van der Waals surface area contributed by atoms with Gasteiger partial charge in [0.2, 0.25) is 5.88 Å². The SMILES string of the molecule is CC(=O)CN1CCC(CN2CCN(C3=CNNC(OC(C)C)=C3)CC2)CC1. The molecule has 3 rings (SSSR count). The smallest absolute Gasteiger partial charge is 0.207 e. The average Bonchev–Trinajstić information content (AvgIpc) is 2.63. The fraction of sp³-hybridized carbons (Fsp3) is 0.750. The van der Waals surface area contributed by atoms with Crippen LogP contribution in [0.1, 0.15) is 33.6 Å². The molecule has 0 spiro atoms. The minimum atomic E-state index is 0.156. The Morgan fingerprint density at radius 1 is 1.15 bits per heavy atom. The molecule has 7 nitrogen and oxygen atoms in total. The van der Waals surface area contributed by atoms with Gasteiger partial charge in [0.15, 0.2) is 0 Å². The number of hydrogen-bond donors (Lipinski definition) is 2. The number of likely N-dealkylation sites (tertiary alicyclic amines) is 1. The molecule has 0 atom stereocenters. The van der Waals surface area contributed by atoms with E-state index in [2.05, 4.69) is 31.6 Å². The Morgan fingerprint density at radius 3 is 2.48 bits per heavy atom. The molecule has 152 valence electrons. The number of ketones is 1. The fourth-order valence-corrected chi connectivity index (χ4v) is 4.09. The van der Waals surface area contributed by atoms with Crippen molar-refractivity contribution in [1.82, 2.24) is 25.6 Å². The van der Waals surface area contributed by atoms with E-state index in [1.165, 1.54) is 25.1 Å². The maximum Gasteiger partial charge on any atom is 0.207 e. The van der Waals surface area contributed by atoms with Gasteiger partial charge in [-0.05, 0) is 52.6 Å². The summed E-state index contributed by atoms with van der Waals surface area (Å²) in [6.07, 6.45) is 6.67. The molecule has 0 amide bonds. The van der Waals surface area contributed by atoms with E-state index in [0.29, 0.717) is 6.54 Å². The van der Waals surface area contributed by atoms with E-state index >= 15 is 0 Å². The van der Waals surface area contributed by atoms with Crippen molar-refractivity contribution in [1.29, 1.82) is 0 Å². The molecule has 3 heterocycles. The number of rotatable bonds is 7. The second-order valence-corrected chi connectivity index (χ2v) is 8.22. The summed E-state index contributed by atoms with van der Waals surface area (Å²) in [6.45, 7) is 14.0. The third-order valence-electron chi connectivity index (χ3n) is 5.46. The van der Waals surface area contributed by atoms with E-state index < -0.39 is 0 Å². The number of allylic oxidation sites excluding steroid dienone is 1. The minimum Gasteiger partial charge on any atom is -0.475 e. The highest BCUT2D eigenvalue weighted by Gasteiger charge is 2.25. The third-order valence-corrected chi connectivity index (χ3v) is 5.46. The maximum atomic E-state index is 11.3. The molecule has 0 radical (unpaired) electrons. The van der Waals surface area contributed by atoms with Gasteiger partial charge in [0, 0.05) is 45.0 Å². The lowest BCUT2D eigenvalue weighted by Crippen LogP contribution is -2.49. The molecular weight excluding hydrogens is 342 g/mol. The predicted octanol–water partition coefficient (Wildman–Crippen LogP) is 1.12. The highest BCUT2D eigenvalue weighted by atomic mass is 16.5. The second kappa shape index (κ2) is 9.46. The largest absolute Gasteiger partial charge is 0.475 e. The normalized spacial score (nSPS) is 22.7. The first-order chi connectivity index (χ1) is 13.0. The zero-order valence-electron chi connectivity index (χ0n) is 17.0. The summed E-state index contributed by atoms with van der Waals surface area (Å²) in [5, 5.41) is 0. The Kier molecular flexibility index (Phi) is 7.01. The standard InChI is InChI=1S/C20H35N5O2/c1-16(2)27-20-12-19(13-21-22-20)25-10-8-24(9-11-25)15-18-4-6-23(7-5-18)14-17(3)26/h12-13,16,18,21-22H,4-11,14-15H2,1-3H3. The molecule has 0 aromatic rings. The van der Waals surface area contributed by atoms with Gasteiger partial charge in [0.05, 0.1) is 18.3 Å². The van der Waals surface area contributed by atoms with E-state index in [1.807, 2.05) is 20.0 Å². The molecule has 0 aromatic heterocycles. The number of nitrogens with one attached hydrogen (secondary N) is 2. The molecule has 0 aliphatic carbocycles. The van der Waals surface area contributed by atoms with Gasteiger partial charge in [-0.3, -0.25) is 20.0 Å². The first kappa shape index (κ1) is 20.0. The van der Waals surface area contributed by atoms with Crippen molar-refractivity contribution in [2.24, 2.45) is 5.92 Å². The van der Waals surface area contributed by atoms with Crippen LogP contribution in [-0.4, -0.2) is 78.9 Å². The van der Waals surface area contributed by atoms with E-state index in [0.717, 1.165) is 51.1 Å². The van der Waals surface area contributed by atoms with Crippen LogP contribution >= 0.6 is 0 Å². The van der Waals surface area contributed by atoms with Crippen LogP contribution in [0.25, 0.3) is 0 Å². The zero-order valence-corrected chi connectivity index (χ0v) is 17.0. The number of ether oxygens (including phenoxy) is 1. The lowest BCUT2D eigenvalue weighted by molar-refractivity contribution is -0.118. The highest BCUT2D eigenvalue weighted by molar-refractivity contribution is 5.77. The number of carbonyl (C=O) groups excluding carboxylic acids is 1. The first-order valence-electron chi connectivity index (χ1n) is 10.3. The lowest BCUT2D eigenvalue weighted by atomic mass is 9.95. The van der Waals surface area contributed by atoms with Gasteiger partial charge < -0.3 is 15.1 Å². The molecule has 2 fully saturated rings. The van der Waals surface area contributed by atoms with Crippen molar-refractivity contribution in [2.45, 2.75) is 39.7 Å². The Hall–Kier alpha value is -1.73. The molecule has 0 bridgehead atoms. The summed E-state index contributed by atoms with van der Waals surface area (Å²) < 4.78 is 5.75. The average molecular weight is 378 g/mol. The maximum absolute atomic E-state index is 11.3. The topological polar surface area (TPSA) is 60.1 Å². The summed E-state index contributed by atoms with van der Waals surface area (Å²) in [5.41, 5.74) is 7.32. The molecule has 0 saturated carbocycles. The summed E-state index contributed by atoms with van der Waals surface area (Å²) in [5.74, 6) is 1.83. The van der Waals surface area contributed by atoms with Crippen LogP contribution in [-0.2, 0) is 9.53 Å². The lowest BCUT2D eigenvalue weighted by Gasteiger charge is -2.40. The first-order valence-corrected chi connectivity index (χ1v) is 10.3. The Morgan fingerprint density at radius 2 is 1.85 bits per heavy atom. The molecule has 7 heteroatoms. The van der Waals surface area contributed by atoms with Gasteiger partial charge in [-0.25, -0.2) is 0 Å². The van der Waals surface area contributed by atoms with Crippen molar-refractivity contribution in [3.05, 3.63) is 23.9 Å². The Labute approximate surface area is 163 Å².